The third-order valence-corrected chi connectivity index (χ3v) is 2.53. The van der Waals surface area contributed by atoms with E-state index in [1.54, 1.807) is 24.3 Å². The first-order valence-electron chi connectivity index (χ1n) is 5.60. The number of hydrogen-bond donors (Lipinski definition) is 3. The minimum Gasteiger partial charge on any atom is -0.396 e. The fourth-order valence-corrected chi connectivity index (χ4v) is 1.69. The Morgan fingerprint density at radius 1 is 1.35 bits per heavy atom. The lowest BCUT2D eigenvalue weighted by atomic mass is 9.99. The Bertz CT molecular complexity index is 375. The predicted molar refractivity (Wildman–Crippen MR) is 63.5 cm³/mol. The molecule has 0 bridgehead atoms. The van der Waals surface area contributed by atoms with E-state index in [4.69, 9.17) is 5.11 Å². The molecule has 1 rings (SSSR count). The molecule has 0 aliphatic rings. The quantitative estimate of drug-likeness (QED) is 0.678. The molecule has 0 spiro atoms. The van der Waals surface area contributed by atoms with Crippen molar-refractivity contribution >= 4 is 5.78 Å². The minimum atomic E-state index is -1.03. The van der Waals surface area contributed by atoms with Gasteiger partial charge in [-0.2, -0.15) is 0 Å². The normalized spacial score (nSPS) is 14.4. The molecule has 4 nitrogen and oxygen atoms in total. The highest BCUT2D eigenvalue weighted by atomic mass is 16.3. The molecule has 0 saturated heterocycles. The summed E-state index contributed by atoms with van der Waals surface area (Å²) < 4.78 is 0. The third-order valence-electron chi connectivity index (χ3n) is 2.53. The molecule has 0 aliphatic carbocycles. The number of aliphatic hydroxyl groups excluding tert-OH is 3. The molecule has 3 N–H and O–H groups in total. The summed E-state index contributed by atoms with van der Waals surface area (Å²) in [4.78, 5) is 11.0. The first kappa shape index (κ1) is 13.8. The summed E-state index contributed by atoms with van der Waals surface area (Å²) in [6, 6.07) is 6.93. The second-order valence-corrected chi connectivity index (χ2v) is 4.15. The Morgan fingerprint density at radius 3 is 2.65 bits per heavy atom. The Balaban J connectivity index is 2.79. The largest absolute Gasteiger partial charge is 0.396 e. The van der Waals surface area contributed by atoms with Crippen LogP contribution in [0, 0.1) is 0 Å². The van der Waals surface area contributed by atoms with E-state index in [-0.39, 0.29) is 18.8 Å². The number of ketones is 1. The van der Waals surface area contributed by atoms with Gasteiger partial charge in [-0.25, -0.2) is 0 Å². The molecule has 0 aliphatic heterocycles. The van der Waals surface area contributed by atoms with Crippen molar-refractivity contribution in [2.24, 2.45) is 0 Å². The molecule has 0 radical (unpaired) electrons. The molecule has 0 aromatic heterocycles. The van der Waals surface area contributed by atoms with Crippen molar-refractivity contribution in [2.75, 3.05) is 6.61 Å². The average Bonchev–Trinajstić information content (AvgIpc) is 2.28. The molecular weight excluding hydrogens is 220 g/mol. The number of aliphatic hydroxyl groups is 3. The van der Waals surface area contributed by atoms with Gasteiger partial charge in [-0.05, 0) is 24.5 Å². The van der Waals surface area contributed by atoms with E-state index >= 15 is 0 Å². The summed E-state index contributed by atoms with van der Waals surface area (Å²) in [5.74, 6) is 0.0487. The van der Waals surface area contributed by atoms with Crippen molar-refractivity contribution in [3.63, 3.8) is 0 Å². The van der Waals surface area contributed by atoms with Crippen LogP contribution in [0.1, 0.15) is 30.6 Å². The van der Waals surface area contributed by atoms with E-state index < -0.39 is 12.2 Å². The molecule has 94 valence electrons. The summed E-state index contributed by atoms with van der Waals surface area (Å²) in [6.07, 6.45) is -1.59. The van der Waals surface area contributed by atoms with E-state index in [1.807, 2.05) is 0 Å². The SMILES string of the molecule is CC(=O)Cc1cccc(C(O)C(O)CCO)c1. The molecule has 0 amide bonds. The monoisotopic (exact) mass is 238 g/mol. The van der Waals surface area contributed by atoms with E-state index in [9.17, 15) is 15.0 Å². The van der Waals surface area contributed by atoms with Gasteiger partial charge in [0.2, 0.25) is 0 Å². The van der Waals surface area contributed by atoms with Crippen molar-refractivity contribution in [2.45, 2.75) is 32.0 Å². The van der Waals surface area contributed by atoms with Gasteiger partial charge in [0.25, 0.3) is 0 Å². The van der Waals surface area contributed by atoms with Gasteiger partial charge >= 0.3 is 0 Å². The molecule has 2 atom stereocenters. The van der Waals surface area contributed by atoms with E-state index in [1.165, 1.54) is 6.92 Å². The summed E-state index contributed by atoms with van der Waals surface area (Å²) in [6.45, 7) is 1.33. The second kappa shape index (κ2) is 6.49. The Hall–Kier alpha value is -1.23. The zero-order valence-corrected chi connectivity index (χ0v) is 9.84. The smallest absolute Gasteiger partial charge is 0.134 e. The van der Waals surface area contributed by atoms with Crippen LogP contribution in [-0.4, -0.2) is 33.8 Å². The summed E-state index contributed by atoms with van der Waals surface area (Å²) >= 11 is 0. The Labute approximate surface area is 101 Å². The van der Waals surface area contributed by atoms with Gasteiger partial charge in [-0.3, -0.25) is 4.79 Å². The number of carbonyl (C=O) groups excluding carboxylic acids is 1. The van der Waals surface area contributed by atoms with Crippen molar-refractivity contribution in [1.82, 2.24) is 0 Å². The number of carbonyl (C=O) groups is 1. The van der Waals surface area contributed by atoms with Gasteiger partial charge in [-0.15, -0.1) is 0 Å². The third kappa shape index (κ3) is 4.26. The van der Waals surface area contributed by atoms with E-state index in [0.29, 0.717) is 12.0 Å². The lowest BCUT2D eigenvalue weighted by Gasteiger charge is -2.17. The molecule has 0 heterocycles. The lowest BCUT2D eigenvalue weighted by molar-refractivity contribution is -0.116. The van der Waals surface area contributed by atoms with Crippen LogP contribution in [0.2, 0.25) is 0 Å². The first-order valence-corrected chi connectivity index (χ1v) is 5.60. The van der Waals surface area contributed by atoms with Gasteiger partial charge in [0.1, 0.15) is 11.9 Å². The standard InChI is InChI=1S/C13H18O4/c1-9(15)7-10-3-2-4-11(8-10)13(17)12(16)5-6-14/h2-4,8,12-14,16-17H,5-7H2,1H3. The van der Waals surface area contributed by atoms with E-state index in [0.717, 1.165) is 5.56 Å². The van der Waals surface area contributed by atoms with Gasteiger partial charge < -0.3 is 15.3 Å². The molecule has 17 heavy (non-hydrogen) atoms. The molecule has 4 heteroatoms. The predicted octanol–water partition coefficient (Wildman–Crippen LogP) is 0.595. The number of benzene rings is 1. The highest BCUT2D eigenvalue weighted by molar-refractivity contribution is 5.78. The van der Waals surface area contributed by atoms with Crippen molar-refractivity contribution in [3.8, 4) is 0 Å². The van der Waals surface area contributed by atoms with Crippen LogP contribution in [0.3, 0.4) is 0 Å². The molecule has 0 saturated carbocycles. The maximum atomic E-state index is 11.0. The zero-order chi connectivity index (χ0) is 12.8. The van der Waals surface area contributed by atoms with Crippen LogP contribution >= 0.6 is 0 Å². The van der Waals surface area contributed by atoms with Crippen LogP contribution < -0.4 is 0 Å². The Kier molecular flexibility index (Phi) is 5.28. The summed E-state index contributed by atoms with van der Waals surface area (Å²) in [7, 11) is 0. The van der Waals surface area contributed by atoms with Crippen LogP contribution in [-0.2, 0) is 11.2 Å². The summed E-state index contributed by atoms with van der Waals surface area (Å²) in [5.41, 5.74) is 1.37. The maximum absolute atomic E-state index is 11.0. The molecular formula is C13H18O4. The van der Waals surface area contributed by atoms with Gasteiger partial charge in [-0.1, -0.05) is 24.3 Å². The number of Topliss-reactive ketones (excluding diaryl/α,β-unsaturated/α-hetero) is 1. The van der Waals surface area contributed by atoms with Crippen LogP contribution in [0.15, 0.2) is 24.3 Å². The fraction of sp³-hybridized carbons (Fsp3) is 0.462. The molecule has 2 unspecified atom stereocenters. The topological polar surface area (TPSA) is 77.8 Å². The minimum absolute atomic E-state index is 0.0487. The van der Waals surface area contributed by atoms with Crippen LogP contribution in [0.5, 0.6) is 0 Å². The van der Waals surface area contributed by atoms with Crippen LogP contribution in [0.4, 0.5) is 0 Å². The number of hydrogen-bond acceptors (Lipinski definition) is 4. The fourth-order valence-electron chi connectivity index (χ4n) is 1.69. The van der Waals surface area contributed by atoms with Gasteiger partial charge in [0.15, 0.2) is 0 Å². The van der Waals surface area contributed by atoms with E-state index in [2.05, 4.69) is 0 Å². The van der Waals surface area contributed by atoms with Crippen molar-refractivity contribution in [1.29, 1.82) is 0 Å². The first-order chi connectivity index (χ1) is 8.04. The highest BCUT2D eigenvalue weighted by Gasteiger charge is 2.17. The second-order valence-electron chi connectivity index (χ2n) is 4.15. The van der Waals surface area contributed by atoms with Gasteiger partial charge in [0, 0.05) is 13.0 Å². The van der Waals surface area contributed by atoms with Crippen molar-refractivity contribution in [3.05, 3.63) is 35.4 Å². The van der Waals surface area contributed by atoms with Crippen molar-refractivity contribution < 1.29 is 20.1 Å². The lowest BCUT2D eigenvalue weighted by Crippen LogP contribution is -2.19. The molecule has 0 fully saturated rings. The Morgan fingerprint density at radius 2 is 2.06 bits per heavy atom. The van der Waals surface area contributed by atoms with Crippen LogP contribution in [0.25, 0.3) is 0 Å². The number of rotatable bonds is 6. The zero-order valence-electron chi connectivity index (χ0n) is 9.84. The maximum Gasteiger partial charge on any atom is 0.134 e. The highest BCUT2D eigenvalue weighted by Crippen LogP contribution is 2.20. The summed E-state index contributed by atoms with van der Waals surface area (Å²) in [5, 5.41) is 28.1. The van der Waals surface area contributed by atoms with Gasteiger partial charge in [0.05, 0.1) is 6.10 Å². The molecule has 1 aromatic rings. The average molecular weight is 238 g/mol. The molecule has 1 aromatic carbocycles.